The van der Waals surface area contributed by atoms with E-state index in [-0.39, 0.29) is 17.8 Å². The molecule has 136 valence electrons. The monoisotopic (exact) mass is 362 g/mol. The average Bonchev–Trinajstić information content (AvgIpc) is 3.12. The van der Waals surface area contributed by atoms with Crippen molar-refractivity contribution in [2.24, 2.45) is 0 Å². The Morgan fingerprint density at radius 3 is 2.40 bits per heavy atom. The minimum absolute atomic E-state index is 0. The zero-order chi connectivity index (χ0) is 16.7. The molecule has 25 heavy (non-hydrogen) atoms. The highest BCUT2D eigenvalue weighted by molar-refractivity contribution is 5.85. The molecule has 0 amide bonds. The summed E-state index contributed by atoms with van der Waals surface area (Å²) in [5.41, 5.74) is 3.69. The van der Waals surface area contributed by atoms with Crippen molar-refractivity contribution in [3.8, 4) is 0 Å². The molecule has 0 unspecified atom stereocenters. The quantitative estimate of drug-likeness (QED) is 0.716. The van der Waals surface area contributed by atoms with Crippen LogP contribution in [0, 0.1) is 0 Å². The van der Waals surface area contributed by atoms with E-state index in [1.165, 1.54) is 11.0 Å². The van der Waals surface area contributed by atoms with E-state index in [9.17, 15) is 0 Å². The Morgan fingerprint density at radius 2 is 1.72 bits per heavy atom. The van der Waals surface area contributed by atoms with Crippen molar-refractivity contribution >= 4 is 29.2 Å². The molecule has 0 atom stereocenters. The maximum atomic E-state index is 5.45. The van der Waals surface area contributed by atoms with E-state index in [2.05, 4.69) is 65.1 Å². The van der Waals surface area contributed by atoms with Crippen LogP contribution in [0.4, 0.5) is 0 Å². The van der Waals surface area contributed by atoms with Crippen LogP contribution in [0.5, 0.6) is 0 Å². The molecule has 0 bridgehead atoms. The second kappa shape index (κ2) is 6.98. The Kier molecular flexibility index (Phi) is 5.09. The maximum absolute atomic E-state index is 5.45. The van der Waals surface area contributed by atoms with Crippen LogP contribution in [0.1, 0.15) is 26.5 Å². The number of hydrogen-bond acceptors (Lipinski definition) is 3. The van der Waals surface area contributed by atoms with Gasteiger partial charge in [0.1, 0.15) is 0 Å². The highest BCUT2D eigenvalue weighted by Gasteiger charge is 2.21. The fraction of sp³-hybridized carbons (Fsp3) is 0.526. The molecule has 3 heterocycles. The van der Waals surface area contributed by atoms with Gasteiger partial charge < -0.3 is 9.30 Å². The van der Waals surface area contributed by atoms with Gasteiger partial charge in [0.2, 0.25) is 5.78 Å². The minimum Gasteiger partial charge on any atom is -0.379 e. The van der Waals surface area contributed by atoms with Crippen molar-refractivity contribution in [2.45, 2.75) is 32.7 Å². The Labute approximate surface area is 155 Å². The second-order valence-corrected chi connectivity index (χ2v) is 7.64. The average molecular weight is 363 g/mol. The van der Waals surface area contributed by atoms with E-state index in [4.69, 9.17) is 9.72 Å². The SMILES string of the molecule is CC(C)(C)c1cn2c3ccccc3n(CCN3CCOCC3)c2n1.Cl. The summed E-state index contributed by atoms with van der Waals surface area (Å²) in [5, 5.41) is 0. The van der Waals surface area contributed by atoms with Crippen LogP contribution >= 0.6 is 12.4 Å². The third-order valence-corrected chi connectivity index (χ3v) is 4.87. The molecule has 1 saturated heterocycles. The van der Waals surface area contributed by atoms with Gasteiger partial charge in [-0.15, -0.1) is 12.4 Å². The lowest BCUT2D eigenvalue weighted by atomic mass is 9.93. The summed E-state index contributed by atoms with van der Waals surface area (Å²) in [4.78, 5) is 7.44. The predicted molar refractivity (Wildman–Crippen MR) is 104 cm³/mol. The van der Waals surface area contributed by atoms with Crippen LogP contribution < -0.4 is 0 Å². The lowest BCUT2D eigenvalue weighted by Crippen LogP contribution is -2.38. The van der Waals surface area contributed by atoms with Gasteiger partial charge in [0.15, 0.2) is 0 Å². The number of benzene rings is 1. The second-order valence-electron chi connectivity index (χ2n) is 7.64. The molecule has 6 heteroatoms. The third kappa shape index (κ3) is 3.41. The van der Waals surface area contributed by atoms with E-state index in [1.807, 2.05) is 0 Å². The normalized spacial score (nSPS) is 16.4. The summed E-state index contributed by atoms with van der Waals surface area (Å²) in [6, 6.07) is 8.59. The Hall–Kier alpha value is -1.56. The molecule has 0 N–H and O–H groups in total. The molecule has 0 spiro atoms. The molecule has 0 aliphatic carbocycles. The van der Waals surface area contributed by atoms with Gasteiger partial charge in [0.05, 0.1) is 29.9 Å². The van der Waals surface area contributed by atoms with Gasteiger partial charge in [-0.05, 0) is 12.1 Å². The van der Waals surface area contributed by atoms with Crippen molar-refractivity contribution in [1.82, 2.24) is 18.9 Å². The summed E-state index contributed by atoms with van der Waals surface area (Å²) >= 11 is 0. The molecule has 1 aliphatic rings. The topological polar surface area (TPSA) is 34.7 Å². The fourth-order valence-corrected chi connectivity index (χ4v) is 3.39. The summed E-state index contributed by atoms with van der Waals surface area (Å²) < 4.78 is 10.1. The van der Waals surface area contributed by atoms with Crippen LogP contribution in [-0.4, -0.2) is 51.7 Å². The lowest BCUT2D eigenvalue weighted by molar-refractivity contribution is 0.0366. The van der Waals surface area contributed by atoms with Crippen molar-refractivity contribution in [1.29, 1.82) is 0 Å². The van der Waals surface area contributed by atoms with Gasteiger partial charge in [-0.3, -0.25) is 9.30 Å². The molecule has 1 aromatic carbocycles. The molecule has 4 rings (SSSR count). The minimum atomic E-state index is 0. The number of hydrogen-bond donors (Lipinski definition) is 0. The van der Waals surface area contributed by atoms with Crippen LogP contribution in [-0.2, 0) is 16.7 Å². The Bertz CT molecular complexity index is 855. The number of fused-ring (bicyclic) bond motifs is 3. The van der Waals surface area contributed by atoms with Gasteiger partial charge in [0, 0.05) is 37.8 Å². The standard InChI is InChI=1S/C19H26N4O.ClH/c1-19(2,3)17-14-23-16-7-5-4-6-15(16)22(18(23)20-17)9-8-21-10-12-24-13-11-21;/h4-7,14H,8-13H2,1-3H3;1H. The Balaban J connectivity index is 0.00000182. The number of halogens is 1. The number of imidazole rings is 2. The van der Waals surface area contributed by atoms with E-state index < -0.39 is 0 Å². The van der Waals surface area contributed by atoms with Crippen LogP contribution in [0.15, 0.2) is 30.5 Å². The van der Waals surface area contributed by atoms with Crippen molar-refractivity contribution in [3.05, 3.63) is 36.2 Å². The number of aromatic nitrogens is 3. The van der Waals surface area contributed by atoms with E-state index in [0.717, 1.165) is 50.9 Å². The maximum Gasteiger partial charge on any atom is 0.215 e. The van der Waals surface area contributed by atoms with E-state index in [0.29, 0.717) is 0 Å². The summed E-state index contributed by atoms with van der Waals surface area (Å²) in [6.45, 7) is 12.4. The third-order valence-electron chi connectivity index (χ3n) is 4.87. The number of nitrogens with zero attached hydrogens (tertiary/aromatic N) is 4. The largest absolute Gasteiger partial charge is 0.379 e. The molecule has 1 aliphatic heterocycles. The van der Waals surface area contributed by atoms with Crippen molar-refractivity contribution in [3.63, 3.8) is 0 Å². The summed E-state index contributed by atoms with van der Waals surface area (Å²) in [7, 11) is 0. The first-order chi connectivity index (χ1) is 11.5. The van der Waals surface area contributed by atoms with Crippen LogP contribution in [0.2, 0.25) is 0 Å². The smallest absolute Gasteiger partial charge is 0.215 e. The molecule has 5 nitrogen and oxygen atoms in total. The molecule has 2 aromatic heterocycles. The number of ether oxygens (including phenoxy) is 1. The predicted octanol–water partition coefficient (Wildman–Crippen LogP) is 3.34. The molecule has 1 fully saturated rings. The van der Waals surface area contributed by atoms with Crippen LogP contribution in [0.3, 0.4) is 0 Å². The van der Waals surface area contributed by atoms with E-state index in [1.54, 1.807) is 0 Å². The zero-order valence-electron chi connectivity index (χ0n) is 15.2. The Morgan fingerprint density at radius 1 is 1.04 bits per heavy atom. The van der Waals surface area contributed by atoms with Gasteiger partial charge in [-0.25, -0.2) is 4.98 Å². The number of morpholine rings is 1. The number of rotatable bonds is 3. The fourth-order valence-electron chi connectivity index (χ4n) is 3.39. The molecule has 0 saturated carbocycles. The van der Waals surface area contributed by atoms with Gasteiger partial charge in [-0.2, -0.15) is 0 Å². The van der Waals surface area contributed by atoms with Crippen LogP contribution in [0.25, 0.3) is 16.8 Å². The molecular formula is C19H27ClN4O. The van der Waals surface area contributed by atoms with Gasteiger partial charge >= 0.3 is 0 Å². The molecule has 3 aromatic rings. The lowest BCUT2D eigenvalue weighted by Gasteiger charge is -2.26. The molecule has 0 radical (unpaired) electrons. The first-order valence-corrected chi connectivity index (χ1v) is 8.81. The first kappa shape index (κ1) is 18.2. The zero-order valence-corrected chi connectivity index (χ0v) is 16.1. The number of para-hydroxylation sites is 2. The van der Waals surface area contributed by atoms with Crippen molar-refractivity contribution < 1.29 is 4.74 Å². The summed E-state index contributed by atoms with van der Waals surface area (Å²) in [6.07, 6.45) is 2.20. The molecular weight excluding hydrogens is 336 g/mol. The highest BCUT2D eigenvalue weighted by Crippen LogP contribution is 2.26. The van der Waals surface area contributed by atoms with Gasteiger partial charge in [0.25, 0.3) is 0 Å². The van der Waals surface area contributed by atoms with Crippen molar-refractivity contribution in [2.75, 3.05) is 32.8 Å². The summed E-state index contributed by atoms with van der Waals surface area (Å²) in [5.74, 6) is 1.05. The van der Waals surface area contributed by atoms with E-state index >= 15 is 0 Å². The highest BCUT2D eigenvalue weighted by atomic mass is 35.5. The van der Waals surface area contributed by atoms with Gasteiger partial charge in [-0.1, -0.05) is 32.9 Å². The first-order valence-electron chi connectivity index (χ1n) is 8.81.